The van der Waals surface area contributed by atoms with Gasteiger partial charge < -0.3 is 0 Å². The average Bonchev–Trinajstić information content (AvgIpc) is 2.70. The molecule has 0 aliphatic carbocycles. The van der Waals surface area contributed by atoms with Crippen LogP contribution in [0.25, 0.3) is 10.6 Å². The molecule has 0 amide bonds. The van der Waals surface area contributed by atoms with E-state index in [1.807, 2.05) is 6.92 Å². The molecule has 1 aromatic heterocycles. The van der Waals surface area contributed by atoms with Crippen molar-refractivity contribution in [2.45, 2.75) is 39.5 Å². The van der Waals surface area contributed by atoms with Crippen LogP contribution < -0.4 is 0 Å². The topological polar surface area (TPSA) is 12.9 Å². The van der Waals surface area contributed by atoms with E-state index in [-0.39, 0.29) is 5.56 Å². The van der Waals surface area contributed by atoms with Crippen LogP contribution in [0.1, 0.15) is 42.8 Å². The van der Waals surface area contributed by atoms with Crippen LogP contribution in [-0.4, -0.2) is 4.98 Å². The molecule has 102 valence electrons. The molecular weight excluding hydrogens is 264 g/mol. The number of aryl methyl sites for hydroxylation is 1. The van der Waals surface area contributed by atoms with Crippen molar-refractivity contribution in [3.05, 3.63) is 40.4 Å². The fraction of sp³-hybridized carbons (Fsp3) is 0.400. The third kappa shape index (κ3) is 3.00. The van der Waals surface area contributed by atoms with Gasteiger partial charge in [-0.3, -0.25) is 0 Å². The number of halogens is 2. The van der Waals surface area contributed by atoms with E-state index in [1.54, 1.807) is 23.5 Å². The molecule has 0 atom stereocenters. The van der Waals surface area contributed by atoms with Crippen molar-refractivity contribution in [1.29, 1.82) is 0 Å². The molecule has 2 rings (SSSR count). The first-order chi connectivity index (χ1) is 8.79. The summed E-state index contributed by atoms with van der Waals surface area (Å²) in [6, 6.07) is 6.38. The summed E-state index contributed by atoms with van der Waals surface area (Å²) in [5, 5.41) is 0.896. The molecule has 4 heteroatoms. The molecule has 0 bridgehead atoms. The molecule has 2 aromatic rings. The Morgan fingerprint density at radius 3 is 2.16 bits per heavy atom. The molecule has 0 aliphatic heterocycles. The lowest BCUT2D eigenvalue weighted by molar-refractivity contribution is 0.0175. The number of hydrogen-bond acceptors (Lipinski definition) is 2. The highest BCUT2D eigenvalue weighted by Gasteiger charge is 2.24. The summed E-state index contributed by atoms with van der Waals surface area (Å²) in [7, 11) is 0. The second-order valence-corrected chi connectivity index (χ2v) is 6.28. The molecule has 1 heterocycles. The number of nitrogens with zero attached hydrogens (tertiary/aromatic N) is 1. The molecule has 0 radical (unpaired) electrons. The molecule has 0 saturated heterocycles. The Labute approximate surface area is 116 Å². The van der Waals surface area contributed by atoms with E-state index in [2.05, 4.69) is 18.8 Å². The van der Waals surface area contributed by atoms with Crippen molar-refractivity contribution < 1.29 is 8.78 Å². The molecule has 0 aliphatic rings. The van der Waals surface area contributed by atoms with Crippen LogP contribution in [0.5, 0.6) is 0 Å². The van der Waals surface area contributed by atoms with Crippen LogP contribution in [0, 0.1) is 6.92 Å². The summed E-state index contributed by atoms with van der Waals surface area (Å²) in [6.45, 7) is 7.16. The molecule has 19 heavy (non-hydrogen) atoms. The molecule has 1 aromatic carbocycles. The van der Waals surface area contributed by atoms with Gasteiger partial charge in [-0.05, 0) is 12.8 Å². The Hall–Kier alpha value is -1.29. The number of alkyl halides is 2. The first-order valence-electron chi connectivity index (χ1n) is 6.25. The average molecular weight is 281 g/mol. The normalized spacial score (nSPS) is 12.2. The van der Waals surface area contributed by atoms with Gasteiger partial charge in [0, 0.05) is 22.9 Å². The molecule has 1 nitrogen and oxygen atoms in total. The quantitative estimate of drug-likeness (QED) is 0.738. The van der Waals surface area contributed by atoms with Gasteiger partial charge in [0.2, 0.25) is 0 Å². The van der Waals surface area contributed by atoms with Crippen LogP contribution in [0.4, 0.5) is 8.78 Å². The third-order valence-electron chi connectivity index (χ3n) is 3.02. The van der Waals surface area contributed by atoms with Crippen molar-refractivity contribution >= 4 is 11.3 Å². The second-order valence-electron chi connectivity index (χ2n) is 5.08. The highest BCUT2D eigenvalue weighted by Crippen LogP contribution is 2.33. The lowest BCUT2D eigenvalue weighted by Crippen LogP contribution is -2.06. The molecule has 0 N–H and O–H groups in total. The predicted octanol–water partition coefficient (Wildman–Crippen LogP) is 5.35. The SMILES string of the molecule is Cc1sc(-c2ccc(C(C)(F)F)cc2)nc1C(C)C. The van der Waals surface area contributed by atoms with Gasteiger partial charge in [-0.1, -0.05) is 38.1 Å². The minimum absolute atomic E-state index is 0.0358. The smallest absolute Gasteiger partial charge is 0.241 e. The monoisotopic (exact) mass is 281 g/mol. The van der Waals surface area contributed by atoms with Crippen molar-refractivity contribution in [1.82, 2.24) is 4.98 Å². The largest absolute Gasteiger partial charge is 0.270 e. The Morgan fingerprint density at radius 2 is 1.74 bits per heavy atom. The lowest BCUT2D eigenvalue weighted by Gasteiger charge is -2.10. The molecular formula is C15H17F2NS. The van der Waals surface area contributed by atoms with Crippen molar-refractivity contribution in [2.24, 2.45) is 0 Å². The van der Waals surface area contributed by atoms with Crippen LogP contribution in [0.2, 0.25) is 0 Å². The zero-order valence-corrected chi connectivity index (χ0v) is 12.3. The molecule has 0 unspecified atom stereocenters. The third-order valence-corrected chi connectivity index (χ3v) is 4.05. The Morgan fingerprint density at radius 1 is 1.16 bits per heavy atom. The predicted molar refractivity (Wildman–Crippen MR) is 75.9 cm³/mol. The van der Waals surface area contributed by atoms with Gasteiger partial charge in [0.1, 0.15) is 5.01 Å². The summed E-state index contributed by atoms with van der Waals surface area (Å²) in [5.41, 5.74) is 2.02. The highest BCUT2D eigenvalue weighted by molar-refractivity contribution is 7.15. The summed E-state index contributed by atoms with van der Waals surface area (Å²) < 4.78 is 26.3. The van der Waals surface area contributed by atoms with Gasteiger partial charge in [-0.25, -0.2) is 13.8 Å². The van der Waals surface area contributed by atoms with Gasteiger partial charge in [0.15, 0.2) is 0 Å². The van der Waals surface area contributed by atoms with Crippen LogP contribution in [0.15, 0.2) is 24.3 Å². The maximum atomic E-state index is 13.1. The van der Waals surface area contributed by atoms with Crippen LogP contribution in [0.3, 0.4) is 0 Å². The van der Waals surface area contributed by atoms with Gasteiger partial charge >= 0.3 is 0 Å². The van der Waals surface area contributed by atoms with E-state index in [4.69, 9.17) is 0 Å². The number of benzene rings is 1. The molecule has 0 spiro atoms. The fourth-order valence-electron chi connectivity index (χ4n) is 1.97. The van der Waals surface area contributed by atoms with Gasteiger partial charge in [-0.2, -0.15) is 0 Å². The molecule has 0 saturated carbocycles. The highest BCUT2D eigenvalue weighted by atomic mass is 32.1. The Kier molecular flexibility index (Phi) is 3.72. The van der Waals surface area contributed by atoms with Crippen molar-refractivity contribution in [2.75, 3.05) is 0 Å². The van der Waals surface area contributed by atoms with E-state index < -0.39 is 5.92 Å². The number of rotatable bonds is 3. The number of hydrogen-bond donors (Lipinski definition) is 0. The van der Waals surface area contributed by atoms with Crippen molar-refractivity contribution in [3.63, 3.8) is 0 Å². The minimum Gasteiger partial charge on any atom is -0.241 e. The van der Waals surface area contributed by atoms with Crippen LogP contribution >= 0.6 is 11.3 Å². The van der Waals surface area contributed by atoms with E-state index in [0.717, 1.165) is 23.2 Å². The van der Waals surface area contributed by atoms with Crippen molar-refractivity contribution in [3.8, 4) is 10.6 Å². The second kappa shape index (κ2) is 5.00. The van der Waals surface area contributed by atoms with Crippen LogP contribution in [-0.2, 0) is 5.92 Å². The van der Waals surface area contributed by atoms with E-state index in [1.165, 1.54) is 17.0 Å². The Balaban J connectivity index is 2.35. The summed E-state index contributed by atoms with van der Waals surface area (Å²) in [6.07, 6.45) is 0. The first-order valence-corrected chi connectivity index (χ1v) is 7.06. The summed E-state index contributed by atoms with van der Waals surface area (Å²) in [5.74, 6) is -2.41. The number of thiazole rings is 1. The fourth-order valence-corrected chi connectivity index (χ4v) is 3.05. The Bertz CT molecular complexity index is 565. The van der Waals surface area contributed by atoms with E-state index >= 15 is 0 Å². The minimum atomic E-state index is -2.79. The van der Waals surface area contributed by atoms with Gasteiger partial charge in [0.25, 0.3) is 5.92 Å². The zero-order chi connectivity index (χ0) is 14.2. The van der Waals surface area contributed by atoms with Gasteiger partial charge in [-0.15, -0.1) is 11.3 Å². The maximum Gasteiger partial charge on any atom is 0.270 e. The standard InChI is InChI=1S/C15H17F2NS/c1-9(2)13-10(3)19-14(18-13)11-5-7-12(8-6-11)15(4,16)17/h5-9H,1-4H3. The maximum absolute atomic E-state index is 13.1. The zero-order valence-electron chi connectivity index (χ0n) is 11.5. The number of aromatic nitrogens is 1. The lowest BCUT2D eigenvalue weighted by atomic mass is 10.1. The van der Waals surface area contributed by atoms with Gasteiger partial charge in [0.05, 0.1) is 5.69 Å². The summed E-state index contributed by atoms with van der Waals surface area (Å²) >= 11 is 1.61. The van der Waals surface area contributed by atoms with E-state index in [9.17, 15) is 8.78 Å². The van der Waals surface area contributed by atoms with E-state index in [0.29, 0.717) is 5.92 Å². The first kappa shape index (κ1) is 14.1. The molecule has 0 fully saturated rings. The summed E-state index contributed by atoms with van der Waals surface area (Å²) in [4.78, 5) is 5.79.